The predicted molar refractivity (Wildman–Crippen MR) is 82.8 cm³/mol. The average Bonchev–Trinajstić information content (AvgIpc) is 2.49. The van der Waals surface area contributed by atoms with E-state index >= 15 is 0 Å². The molecule has 0 atom stereocenters. The lowest BCUT2D eigenvalue weighted by Gasteiger charge is -2.08. The summed E-state index contributed by atoms with van der Waals surface area (Å²) in [6, 6.07) is 21.5. The number of ether oxygens (including phenoxy) is 1. The topological polar surface area (TPSA) is 35.2 Å². The van der Waals surface area contributed by atoms with Crippen LogP contribution in [0.2, 0.25) is 0 Å². The van der Waals surface area contributed by atoms with Crippen LogP contribution in [0.4, 0.5) is 10.1 Å². The van der Waals surface area contributed by atoms with E-state index in [0.717, 1.165) is 22.6 Å². The summed E-state index contributed by atoms with van der Waals surface area (Å²) in [7, 11) is 0. The maximum Gasteiger partial charge on any atom is 0.127 e. The number of hydrogen-bond donors (Lipinski definition) is 1. The lowest BCUT2D eigenvalue weighted by Crippen LogP contribution is -1.91. The number of para-hydroxylation sites is 1. The second-order valence-electron chi connectivity index (χ2n) is 4.67. The minimum Gasteiger partial charge on any atom is -0.457 e. The van der Waals surface area contributed by atoms with Crippen LogP contribution >= 0.6 is 0 Å². The molecule has 0 bridgehead atoms. The lowest BCUT2D eigenvalue weighted by atomic mass is 10.0. The van der Waals surface area contributed by atoms with E-state index in [1.165, 1.54) is 12.1 Å². The molecule has 0 heterocycles. The van der Waals surface area contributed by atoms with Crippen LogP contribution in [0.5, 0.6) is 11.5 Å². The minimum absolute atomic E-state index is 0.333. The van der Waals surface area contributed by atoms with E-state index in [1.54, 1.807) is 6.07 Å². The van der Waals surface area contributed by atoms with Gasteiger partial charge in [0.25, 0.3) is 0 Å². The Kier molecular flexibility index (Phi) is 3.56. The van der Waals surface area contributed by atoms with Crippen LogP contribution in [0.3, 0.4) is 0 Å². The summed E-state index contributed by atoms with van der Waals surface area (Å²) in [6.07, 6.45) is 0. The van der Waals surface area contributed by atoms with Gasteiger partial charge in [0.2, 0.25) is 0 Å². The quantitative estimate of drug-likeness (QED) is 0.694. The van der Waals surface area contributed by atoms with Gasteiger partial charge in [0.1, 0.15) is 17.3 Å². The Morgan fingerprint density at radius 2 is 1.43 bits per heavy atom. The van der Waals surface area contributed by atoms with E-state index in [9.17, 15) is 4.39 Å². The maximum absolute atomic E-state index is 13.1. The summed E-state index contributed by atoms with van der Waals surface area (Å²) in [5, 5.41) is 0. The van der Waals surface area contributed by atoms with Crippen LogP contribution in [0.15, 0.2) is 72.8 Å². The molecule has 0 aliphatic carbocycles. The molecule has 3 aromatic carbocycles. The Morgan fingerprint density at radius 1 is 0.762 bits per heavy atom. The first-order chi connectivity index (χ1) is 10.2. The van der Waals surface area contributed by atoms with Crippen molar-refractivity contribution in [1.29, 1.82) is 0 Å². The zero-order valence-electron chi connectivity index (χ0n) is 11.3. The molecule has 0 radical (unpaired) electrons. The molecular weight excluding hydrogens is 265 g/mol. The van der Waals surface area contributed by atoms with Crippen molar-refractivity contribution in [2.24, 2.45) is 0 Å². The number of nitrogens with two attached hydrogens (primary N) is 1. The van der Waals surface area contributed by atoms with Gasteiger partial charge in [0.15, 0.2) is 0 Å². The summed E-state index contributed by atoms with van der Waals surface area (Å²) < 4.78 is 18.8. The van der Waals surface area contributed by atoms with Gasteiger partial charge in [-0.25, -0.2) is 4.39 Å². The Balaban J connectivity index is 1.84. The number of hydrogen-bond acceptors (Lipinski definition) is 2. The second kappa shape index (κ2) is 5.67. The summed E-state index contributed by atoms with van der Waals surface area (Å²) in [4.78, 5) is 0. The molecule has 0 aromatic heterocycles. The molecule has 0 saturated heterocycles. The van der Waals surface area contributed by atoms with Crippen molar-refractivity contribution in [2.75, 3.05) is 5.73 Å². The highest BCUT2D eigenvalue weighted by molar-refractivity contribution is 5.76. The molecule has 0 spiro atoms. The summed E-state index contributed by atoms with van der Waals surface area (Å²) in [6.45, 7) is 0. The van der Waals surface area contributed by atoms with Gasteiger partial charge in [0, 0.05) is 11.3 Å². The van der Waals surface area contributed by atoms with Crippen molar-refractivity contribution in [2.45, 2.75) is 0 Å². The van der Waals surface area contributed by atoms with Gasteiger partial charge < -0.3 is 10.5 Å². The number of rotatable bonds is 3. The van der Waals surface area contributed by atoms with Gasteiger partial charge in [-0.2, -0.15) is 0 Å². The van der Waals surface area contributed by atoms with E-state index in [2.05, 4.69) is 0 Å². The van der Waals surface area contributed by atoms with E-state index < -0.39 is 0 Å². The van der Waals surface area contributed by atoms with Gasteiger partial charge in [-0.3, -0.25) is 0 Å². The fraction of sp³-hybridized carbons (Fsp3) is 0. The first-order valence-corrected chi connectivity index (χ1v) is 6.61. The van der Waals surface area contributed by atoms with Crippen molar-refractivity contribution >= 4 is 5.69 Å². The van der Waals surface area contributed by atoms with Gasteiger partial charge in [-0.15, -0.1) is 0 Å². The predicted octanol–water partition coefficient (Wildman–Crippen LogP) is 4.87. The highest BCUT2D eigenvalue weighted by Gasteiger charge is 2.04. The van der Waals surface area contributed by atoms with Crippen LogP contribution in [0, 0.1) is 5.82 Å². The van der Waals surface area contributed by atoms with Crippen LogP contribution in [-0.2, 0) is 0 Å². The minimum atomic E-state index is -0.333. The maximum atomic E-state index is 13.1. The summed E-state index contributed by atoms with van der Waals surface area (Å²) in [5.41, 5.74) is 8.00. The largest absolute Gasteiger partial charge is 0.457 e. The monoisotopic (exact) mass is 279 g/mol. The van der Waals surface area contributed by atoms with Crippen LogP contribution in [-0.4, -0.2) is 0 Å². The van der Waals surface area contributed by atoms with Gasteiger partial charge in [-0.05, 0) is 48.0 Å². The Labute approximate surface area is 122 Å². The standard InChI is InChI=1S/C18H14FNO/c19-14-8-11-17(18(20)12-14)13-6-9-16(10-7-13)21-15-4-2-1-3-5-15/h1-12H,20H2. The summed E-state index contributed by atoms with van der Waals surface area (Å²) >= 11 is 0. The number of halogens is 1. The molecule has 2 N–H and O–H groups in total. The van der Waals surface area contributed by atoms with Gasteiger partial charge in [0.05, 0.1) is 0 Å². The van der Waals surface area contributed by atoms with E-state index in [0.29, 0.717) is 5.69 Å². The third-order valence-corrected chi connectivity index (χ3v) is 3.16. The Morgan fingerprint density at radius 3 is 2.10 bits per heavy atom. The highest BCUT2D eigenvalue weighted by Crippen LogP contribution is 2.29. The fourth-order valence-electron chi connectivity index (χ4n) is 2.12. The van der Waals surface area contributed by atoms with Gasteiger partial charge >= 0.3 is 0 Å². The highest BCUT2D eigenvalue weighted by atomic mass is 19.1. The van der Waals surface area contributed by atoms with E-state index in [-0.39, 0.29) is 5.82 Å². The Bertz CT molecular complexity index is 739. The molecule has 0 fully saturated rings. The van der Waals surface area contributed by atoms with E-state index in [4.69, 9.17) is 10.5 Å². The van der Waals surface area contributed by atoms with Crippen LogP contribution in [0.1, 0.15) is 0 Å². The zero-order chi connectivity index (χ0) is 14.7. The second-order valence-corrected chi connectivity index (χ2v) is 4.67. The SMILES string of the molecule is Nc1cc(F)ccc1-c1ccc(Oc2ccccc2)cc1. The molecule has 0 aliphatic rings. The van der Waals surface area contributed by atoms with E-state index in [1.807, 2.05) is 54.6 Å². The average molecular weight is 279 g/mol. The molecular formula is C18H14FNO. The van der Waals surface area contributed by atoms with Crippen molar-refractivity contribution in [1.82, 2.24) is 0 Å². The molecule has 2 nitrogen and oxygen atoms in total. The third kappa shape index (κ3) is 3.03. The lowest BCUT2D eigenvalue weighted by molar-refractivity contribution is 0.483. The van der Waals surface area contributed by atoms with Crippen LogP contribution in [0.25, 0.3) is 11.1 Å². The first kappa shape index (κ1) is 13.2. The third-order valence-electron chi connectivity index (χ3n) is 3.16. The zero-order valence-corrected chi connectivity index (χ0v) is 11.3. The molecule has 21 heavy (non-hydrogen) atoms. The molecule has 0 aliphatic heterocycles. The number of benzene rings is 3. The Hall–Kier alpha value is -2.81. The molecule has 3 aromatic rings. The van der Waals surface area contributed by atoms with Crippen molar-refractivity contribution < 1.29 is 9.13 Å². The van der Waals surface area contributed by atoms with Gasteiger partial charge in [-0.1, -0.05) is 30.3 Å². The molecule has 0 saturated carbocycles. The number of nitrogen functional groups attached to an aromatic ring is 1. The molecule has 0 unspecified atom stereocenters. The van der Waals surface area contributed by atoms with Crippen molar-refractivity contribution in [3.63, 3.8) is 0 Å². The first-order valence-electron chi connectivity index (χ1n) is 6.61. The fourth-order valence-corrected chi connectivity index (χ4v) is 2.12. The molecule has 3 rings (SSSR count). The van der Waals surface area contributed by atoms with Crippen molar-refractivity contribution in [3.8, 4) is 22.6 Å². The number of anilines is 1. The van der Waals surface area contributed by atoms with Crippen molar-refractivity contribution in [3.05, 3.63) is 78.6 Å². The smallest absolute Gasteiger partial charge is 0.127 e. The normalized spacial score (nSPS) is 10.3. The molecule has 3 heteroatoms. The molecule has 0 amide bonds. The summed E-state index contributed by atoms with van der Waals surface area (Å²) in [5.74, 6) is 1.19. The molecule has 104 valence electrons. The van der Waals surface area contributed by atoms with Crippen LogP contribution < -0.4 is 10.5 Å².